The van der Waals surface area contributed by atoms with Gasteiger partial charge in [0.15, 0.2) is 6.61 Å². The number of ether oxygens (including phenoxy) is 2. The topological polar surface area (TPSA) is 50.8 Å². The Hall–Kier alpha value is -2.24. The number of nitrogens with one attached hydrogen (secondary N) is 1. The number of hydrogen-bond acceptors (Lipinski definition) is 4. The number of hydrogen-bond donors (Lipinski definition) is 1. The number of likely N-dealkylation sites (tertiary alicyclic amines) is 1. The number of fused-ring (bicyclic) bond motifs is 1. The minimum Gasteiger partial charge on any atom is -0.489 e. The third kappa shape index (κ3) is 4.93. The number of nitrogens with zero attached hydrogens (tertiary/aromatic N) is 1. The quantitative estimate of drug-likeness (QED) is 0.826. The van der Waals surface area contributed by atoms with E-state index in [1.165, 1.54) is 0 Å². The second-order valence-corrected chi connectivity index (χ2v) is 7.01. The van der Waals surface area contributed by atoms with Gasteiger partial charge >= 0.3 is 0 Å². The van der Waals surface area contributed by atoms with Gasteiger partial charge in [0, 0.05) is 26.2 Å². The second-order valence-electron chi connectivity index (χ2n) is 7.01. The molecule has 2 fully saturated rings. The van der Waals surface area contributed by atoms with Crippen LogP contribution in [0.15, 0.2) is 54.6 Å². The van der Waals surface area contributed by atoms with Gasteiger partial charge in [-0.15, -0.1) is 12.4 Å². The van der Waals surface area contributed by atoms with Gasteiger partial charge in [-0.1, -0.05) is 30.3 Å². The molecule has 4 rings (SSSR count). The van der Waals surface area contributed by atoms with Crippen molar-refractivity contribution in [3.8, 4) is 11.5 Å². The molecule has 0 aliphatic carbocycles. The first kappa shape index (κ1) is 19.5. The summed E-state index contributed by atoms with van der Waals surface area (Å²) in [5, 5.41) is 3.39. The van der Waals surface area contributed by atoms with Crippen LogP contribution < -0.4 is 14.8 Å². The zero-order chi connectivity index (χ0) is 17.8. The standard InChI is InChI=1S/C21H24N2O3.ClH/c24-21(23-12-17-10-22-11-18(17)13-23)15-26-20-8-6-19(7-9-20)25-14-16-4-2-1-3-5-16;/h1-9,17-18,22H,10-15H2;1H/t17-,18+;. The van der Waals surface area contributed by atoms with E-state index >= 15 is 0 Å². The molecule has 1 N–H and O–H groups in total. The van der Waals surface area contributed by atoms with E-state index in [1.54, 1.807) is 0 Å². The summed E-state index contributed by atoms with van der Waals surface area (Å²) in [6, 6.07) is 17.5. The molecule has 2 aromatic carbocycles. The summed E-state index contributed by atoms with van der Waals surface area (Å²) >= 11 is 0. The first-order valence-electron chi connectivity index (χ1n) is 9.16. The molecule has 5 nitrogen and oxygen atoms in total. The minimum absolute atomic E-state index is 0. The van der Waals surface area contributed by atoms with Gasteiger partial charge in [0.25, 0.3) is 5.91 Å². The van der Waals surface area contributed by atoms with Crippen LogP contribution in [-0.4, -0.2) is 43.6 Å². The lowest BCUT2D eigenvalue weighted by atomic mass is 10.0. The van der Waals surface area contributed by atoms with E-state index in [0.29, 0.717) is 24.2 Å². The molecule has 2 atom stereocenters. The molecule has 6 heteroatoms. The van der Waals surface area contributed by atoms with Gasteiger partial charge in [0.05, 0.1) is 0 Å². The van der Waals surface area contributed by atoms with Gasteiger partial charge in [-0.2, -0.15) is 0 Å². The number of amides is 1. The summed E-state index contributed by atoms with van der Waals surface area (Å²) in [6.07, 6.45) is 0. The highest BCUT2D eigenvalue weighted by Gasteiger charge is 2.37. The average molecular weight is 389 g/mol. The number of carbonyl (C=O) groups excluding carboxylic acids is 1. The van der Waals surface area contributed by atoms with Crippen molar-refractivity contribution in [2.75, 3.05) is 32.8 Å². The van der Waals surface area contributed by atoms with Gasteiger partial charge in [-0.3, -0.25) is 4.79 Å². The first-order chi connectivity index (χ1) is 12.8. The molecule has 2 heterocycles. The van der Waals surface area contributed by atoms with Crippen LogP contribution in [0.3, 0.4) is 0 Å². The molecule has 0 spiro atoms. The lowest BCUT2D eigenvalue weighted by Crippen LogP contribution is -2.35. The maximum Gasteiger partial charge on any atom is 0.260 e. The predicted octanol–water partition coefficient (Wildman–Crippen LogP) is 2.74. The van der Waals surface area contributed by atoms with E-state index in [4.69, 9.17) is 9.47 Å². The van der Waals surface area contributed by atoms with Crippen LogP contribution in [0.1, 0.15) is 5.56 Å². The normalized spacial score (nSPS) is 20.7. The summed E-state index contributed by atoms with van der Waals surface area (Å²) < 4.78 is 11.4. The van der Waals surface area contributed by atoms with E-state index in [2.05, 4.69) is 5.32 Å². The number of halogens is 1. The summed E-state index contributed by atoms with van der Waals surface area (Å²) in [5.74, 6) is 2.77. The van der Waals surface area contributed by atoms with Crippen LogP contribution in [0.4, 0.5) is 0 Å². The number of rotatable bonds is 6. The van der Waals surface area contributed by atoms with Crippen molar-refractivity contribution in [3.63, 3.8) is 0 Å². The fourth-order valence-electron chi connectivity index (χ4n) is 3.67. The fourth-order valence-corrected chi connectivity index (χ4v) is 3.67. The maximum absolute atomic E-state index is 12.3. The van der Waals surface area contributed by atoms with Crippen LogP contribution in [0.25, 0.3) is 0 Å². The molecule has 2 aromatic rings. The Balaban J connectivity index is 0.00000210. The largest absolute Gasteiger partial charge is 0.489 e. The van der Waals surface area contributed by atoms with Crippen LogP contribution in [0, 0.1) is 11.8 Å². The van der Waals surface area contributed by atoms with E-state index in [9.17, 15) is 4.79 Å². The molecular weight excluding hydrogens is 364 g/mol. The van der Waals surface area contributed by atoms with Crippen molar-refractivity contribution in [1.29, 1.82) is 0 Å². The van der Waals surface area contributed by atoms with Gasteiger partial charge < -0.3 is 19.7 Å². The molecule has 27 heavy (non-hydrogen) atoms. The first-order valence-corrected chi connectivity index (χ1v) is 9.16. The zero-order valence-corrected chi connectivity index (χ0v) is 16.0. The molecule has 0 aromatic heterocycles. The highest BCUT2D eigenvalue weighted by Crippen LogP contribution is 2.26. The van der Waals surface area contributed by atoms with Crippen molar-refractivity contribution < 1.29 is 14.3 Å². The smallest absolute Gasteiger partial charge is 0.260 e. The van der Waals surface area contributed by atoms with E-state index < -0.39 is 0 Å². The molecule has 2 aliphatic rings. The highest BCUT2D eigenvalue weighted by molar-refractivity contribution is 5.85. The predicted molar refractivity (Wildman–Crippen MR) is 106 cm³/mol. The minimum atomic E-state index is 0. The SMILES string of the molecule is Cl.O=C(COc1ccc(OCc2ccccc2)cc1)N1C[C@H]2CNC[C@H]2C1. The van der Waals surface area contributed by atoms with Crippen molar-refractivity contribution in [2.24, 2.45) is 11.8 Å². The van der Waals surface area contributed by atoms with Crippen LogP contribution in [0.5, 0.6) is 11.5 Å². The highest BCUT2D eigenvalue weighted by atomic mass is 35.5. The van der Waals surface area contributed by atoms with Gasteiger partial charge in [0.2, 0.25) is 0 Å². The molecule has 144 valence electrons. The molecular formula is C21H25ClN2O3. The summed E-state index contributed by atoms with van der Waals surface area (Å²) in [7, 11) is 0. The third-order valence-corrected chi connectivity index (χ3v) is 5.18. The lowest BCUT2D eigenvalue weighted by molar-refractivity contribution is -0.132. The Bertz CT molecular complexity index is 727. The van der Waals surface area contributed by atoms with Gasteiger partial charge in [-0.05, 0) is 41.7 Å². The molecule has 0 unspecified atom stereocenters. The number of carbonyl (C=O) groups is 1. The Morgan fingerprint density at radius 1 is 0.926 bits per heavy atom. The second kappa shape index (κ2) is 9.11. The zero-order valence-electron chi connectivity index (χ0n) is 15.2. The fraction of sp³-hybridized carbons (Fsp3) is 0.381. The van der Waals surface area contributed by atoms with Crippen molar-refractivity contribution in [2.45, 2.75) is 6.61 Å². The van der Waals surface area contributed by atoms with Crippen molar-refractivity contribution in [1.82, 2.24) is 10.2 Å². The Morgan fingerprint density at radius 2 is 1.52 bits per heavy atom. The Kier molecular flexibility index (Phi) is 6.58. The number of benzene rings is 2. The molecule has 2 saturated heterocycles. The van der Waals surface area contributed by atoms with E-state index in [-0.39, 0.29) is 24.9 Å². The monoisotopic (exact) mass is 388 g/mol. The lowest BCUT2D eigenvalue weighted by Gasteiger charge is -2.17. The summed E-state index contributed by atoms with van der Waals surface area (Å²) in [5.41, 5.74) is 1.13. The Morgan fingerprint density at radius 3 is 2.15 bits per heavy atom. The van der Waals surface area contributed by atoms with Gasteiger partial charge in [0.1, 0.15) is 18.1 Å². The Labute approximate surface area is 166 Å². The average Bonchev–Trinajstić information content (AvgIpc) is 3.28. The summed E-state index contributed by atoms with van der Waals surface area (Å²) in [6.45, 7) is 4.39. The summed E-state index contributed by atoms with van der Waals surface area (Å²) in [4.78, 5) is 14.3. The van der Waals surface area contributed by atoms with Crippen molar-refractivity contribution >= 4 is 18.3 Å². The molecule has 1 amide bonds. The molecule has 0 bridgehead atoms. The molecule has 0 radical (unpaired) electrons. The van der Waals surface area contributed by atoms with Crippen LogP contribution in [0.2, 0.25) is 0 Å². The van der Waals surface area contributed by atoms with E-state index in [0.717, 1.165) is 37.5 Å². The third-order valence-electron chi connectivity index (χ3n) is 5.18. The molecule has 0 saturated carbocycles. The van der Waals surface area contributed by atoms with Crippen LogP contribution in [-0.2, 0) is 11.4 Å². The molecule has 2 aliphatic heterocycles. The van der Waals surface area contributed by atoms with E-state index in [1.807, 2.05) is 59.5 Å². The van der Waals surface area contributed by atoms with Crippen LogP contribution >= 0.6 is 12.4 Å². The van der Waals surface area contributed by atoms with Crippen molar-refractivity contribution in [3.05, 3.63) is 60.2 Å². The van der Waals surface area contributed by atoms with Gasteiger partial charge in [-0.25, -0.2) is 0 Å². The maximum atomic E-state index is 12.3.